The van der Waals surface area contributed by atoms with Crippen LogP contribution in [0.5, 0.6) is 5.88 Å². The van der Waals surface area contributed by atoms with Crippen LogP contribution in [0.25, 0.3) is 0 Å². The molecule has 0 amide bonds. The second-order valence-corrected chi connectivity index (χ2v) is 8.67. The number of nitrogens with zero attached hydrogens (tertiary/aromatic N) is 3. The first kappa shape index (κ1) is 25.0. The van der Waals surface area contributed by atoms with Crippen LogP contribution in [0.4, 0.5) is 5.82 Å². The summed E-state index contributed by atoms with van der Waals surface area (Å²) in [4.78, 5) is 12.3. The Labute approximate surface area is 187 Å². The summed E-state index contributed by atoms with van der Waals surface area (Å²) in [5, 5.41) is 21.6. The lowest BCUT2D eigenvalue weighted by Crippen LogP contribution is -2.42. The SMILES string of the molecule is CC(C)(C)NCC(O)COc1nsnc1N1CCOCC1.O=C(O)Cc1ccccc1. The molecular formula is C21H32N4O5S. The van der Waals surface area contributed by atoms with Crippen molar-refractivity contribution in [3.8, 4) is 5.88 Å². The summed E-state index contributed by atoms with van der Waals surface area (Å²) in [5.74, 6) is 0.460. The average Bonchev–Trinajstić information content (AvgIpc) is 3.20. The summed E-state index contributed by atoms with van der Waals surface area (Å²) in [6.07, 6.45) is -0.468. The average molecular weight is 453 g/mol. The predicted molar refractivity (Wildman–Crippen MR) is 120 cm³/mol. The Morgan fingerprint density at radius 1 is 1.26 bits per heavy atom. The summed E-state index contributed by atoms with van der Waals surface area (Å²) >= 11 is 1.12. The Morgan fingerprint density at radius 3 is 2.55 bits per heavy atom. The number of carbonyl (C=O) groups is 1. The number of benzene rings is 1. The Morgan fingerprint density at radius 2 is 1.94 bits per heavy atom. The molecule has 2 aromatic rings. The number of aliphatic carboxylic acids is 1. The first-order valence-corrected chi connectivity index (χ1v) is 10.9. The van der Waals surface area contributed by atoms with Gasteiger partial charge in [0.1, 0.15) is 12.7 Å². The lowest BCUT2D eigenvalue weighted by molar-refractivity contribution is -0.136. The molecule has 10 heteroatoms. The van der Waals surface area contributed by atoms with Gasteiger partial charge in [-0.2, -0.15) is 4.37 Å². The number of β-amino-alcohol motifs (C(OH)–C–C–N with tert-alkyl or cyclic N) is 1. The van der Waals surface area contributed by atoms with Crippen LogP contribution >= 0.6 is 11.7 Å². The third-order valence-corrected chi connectivity index (χ3v) is 4.73. The van der Waals surface area contributed by atoms with Crippen LogP contribution in [0.3, 0.4) is 0 Å². The standard InChI is InChI=1S/C13H24N4O3S.C8H8O2/c1-13(2,3)14-8-10(18)9-20-12-11(15-21-16-12)17-4-6-19-7-5-17;9-8(10)6-7-4-2-1-3-5-7/h10,14,18H,4-9H2,1-3H3;1-5H,6H2,(H,9,10). The van der Waals surface area contributed by atoms with Gasteiger partial charge in [-0.1, -0.05) is 30.3 Å². The van der Waals surface area contributed by atoms with E-state index < -0.39 is 12.1 Å². The van der Waals surface area contributed by atoms with E-state index in [-0.39, 0.29) is 18.6 Å². The van der Waals surface area contributed by atoms with Crippen molar-refractivity contribution in [2.24, 2.45) is 0 Å². The molecule has 1 unspecified atom stereocenters. The highest BCUT2D eigenvalue weighted by Crippen LogP contribution is 2.26. The van der Waals surface area contributed by atoms with Crippen molar-refractivity contribution in [1.82, 2.24) is 14.1 Å². The molecule has 2 heterocycles. The fourth-order valence-electron chi connectivity index (χ4n) is 2.66. The molecule has 1 aromatic carbocycles. The zero-order valence-corrected chi connectivity index (χ0v) is 19.1. The molecule has 1 aromatic heterocycles. The van der Waals surface area contributed by atoms with Crippen molar-refractivity contribution in [3.63, 3.8) is 0 Å². The number of hydrogen-bond acceptors (Lipinski definition) is 9. The van der Waals surface area contributed by atoms with Crippen LogP contribution in [-0.2, 0) is 16.0 Å². The smallest absolute Gasteiger partial charge is 0.307 e. The van der Waals surface area contributed by atoms with Gasteiger partial charge in [-0.25, -0.2) is 0 Å². The molecule has 1 atom stereocenters. The maximum atomic E-state index is 10.2. The van der Waals surface area contributed by atoms with E-state index in [0.717, 1.165) is 36.2 Å². The van der Waals surface area contributed by atoms with Gasteiger partial charge in [-0.05, 0) is 26.3 Å². The van der Waals surface area contributed by atoms with Crippen LogP contribution in [0, 0.1) is 0 Å². The Bertz CT molecular complexity index is 776. The molecule has 31 heavy (non-hydrogen) atoms. The number of carboxylic acid groups (broad SMARTS) is 1. The molecule has 0 saturated carbocycles. The van der Waals surface area contributed by atoms with Crippen LogP contribution in [-0.4, -0.2) is 76.0 Å². The van der Waals surface area contributed by atoms with Crippen molar-refractivity contribution >= 4 is 23.5 Å². The zero-order chi connectivity index (χ0) is 22.7. The summed E-state index contributed by atoms with van der Waals surface area (Å²) < 4.78 is 19.4. The Balaban J connectivity index is 0.000000285. The first-order chi connectivity index (χ1) is 14.7. The van der Waals surface area contributed by atoms with E-state index in [1.165, 1.54) is 0 Å². The third kappa shape index (κ3) is 10.1. The predicted octanol–water partition coefficient (Wildman–Crippen LogP) is 1.82. The van der Waals surface area contributed by atoms with E-state index in [0.29, 0.717) is 25.6 Å². The summed E-state index contributed by atoms with van der Waals surface area (Å²) in [5.41, 5.74) is 0.817. The maximum absolute atomic E-state index is 10.2. The minimum atomic E-state index is -0.786. The van der Waals surface area contributed by atoms with Crippen molar-refractivity contribution in [2.75, 3.05) is 44.4 Å². The van der Waals surface area contributed by atoms with Gasteiger partial charge in [0, 0.05) is 25.2 Å². The fourth-order valence-corrected chi connectivity index (χ4v) is 3.18. The van der Waals surface area contributed by atoms with Gasteiger partial charge in [0.05, 0.1) is 31.4 Å². The van der Waals surface area contributed by atoms with Crippen molar-refractivity contribution in [2.45, 2.75) is 38.8 Å². The van der Waals surface area contributed by atoms with Crippen molar-refractivity contribution in [1.29, 1.82) is 0 Å². The number of hydrogen-bond donors (Lipinski definition) is 3. The number of ether oxygens (including phenoxy) is 2. The molecular weight excluding hydrogens is 420 g/mol. The van der Waals surface area contributed by atoms with Gasteiger partial charge in [0.25, 0.3) is 5.88 Å². The molecule has 0 aliphatic carbocycles. The van der Waals surface area contributed by atoms with E-state index >= 15 is 0 Å². The largest absolute Gasteiger partial charge is 0.481 e. The van der Waals surface area contributed by atoms with Crippen LogP contribution in [0.15, 0.2) is 30.3 Å². The normalized spacial score (nSPS) is 15.0. The molecule has 172 valence electrons. The number of nitrogens with one attached hydrogen (secondary N) is 1. The second kappa shape index (κ2) is 12.6. The van der Waals surface area contributed by atoms with Gasteiger partial charge in [-0.3, -0.25) is 4.79 Å². The third-order valence-electron chi connectivity index (χ3n) is 4.23. The molecule has 0 spiro atoms. The highest BCUT2D eigenvalue weighted by Gasteiger charge is 2.21. The molecule has 1 aliphatic heterocycles. The molecule has 9 nitrogen and oxygen atoms in total. The number of morpholine rings is 1. The second-order valence-electron chi connectivity index (χ2n) is 8.14. The molecule has 3 rings (SSSR count). The van der Waals surface area contributed by atoms with E-state index in [1.54, 1.807) is 12.1 Å². The number of carboxylic acids is 1. The molecule has 0 bridgehead atoms. The van der Waals surface area contributed by atoms with Crippen molar-refractivity contribution in [3.05, 3.63) is 35.9 Å². The quantitative estimate of drug-likeness (QED) is 0.551. The minimum absolute atomic E-state index is 0.0257. The van der Waals surface area contributed by atoms with Crippen molar-refractivity contribution < 1.29 is 24.5 Å². The monoisotopic (exact) mass is 452 g/mol. The number of aliphatic hydroxyl groups is 1. The van der Waals surface area contributed by atoms with E-state index in [1.807, 2.05) is 18.2 Å². The summed E-state index contributed by atoms with van der Waals surface area (Å²) in [6.45, 7) is 9.81. The van der Waals surface area contributed by atoms with Crippen LogP contribution < -0.4 is 15.0 Å². The number of aromatic nitrogens is 2. The fraction of sp³-hybridized carbons (Fsp3) is 0.571. The Hall–Kier alpha value is -2.27. The van der Waals surface area contributed by atoms with Gasteiger partial charge in [-0.15, -0.1) is 4.37 Å². The van der Waals surface area contributed by atoms with Crippen LogP contribution in [0.1, 0.15) is 26.3 Å². The molecule has 3 N–H and O–H groups in total. The summed E-state index contributed by atoms with van der Waals surface area (Å²) in [7, 11) is 0. The molecule has 1 fully saturated rings. The van der Waals surface area contributed by atoms with E-state index in [9.17, 15) is 9.90 Å². The highest BCUT2D eigenvalue weighted by molar-refractivity contribution is 6.99. The first-order valence-electron chi connectivity index (χ1n) is 10.2. The number of anilines is 1. The van der Waals surface area contributed by atoms with Crippen LogP contribution in [0.2, 0.25) is 0 Å². The lowest BCUT2D eigenvalue weighted by Gasteiger charge is -2.27. The van der Waals surface area contributed by atoms with Gasteiger partial charge >= 0.3 is 5.97 Å². The molecule has 0 radical (unpaired) electrons. The number of rotatable bonds is 8. The number of aliphatic hydroxyl groups excluding tert-OH is 1. The maximum Gasteiger partial charge on any atom is 0.307 e. The van der Waals surface area contributed by atoms with Gasteiger partial charge in [0.2, 0.25) is 5.82 Å². The lowest BCUT2D eigenvalue weighted by atomic mass is 10.1. The van der Waals surface area contributed by atoms with Gasteiger partial charge in [0.15, 0.2) is 0 Å². The van der Waals surface area contributed by atoms with E-state index in [4.69, 9.17) is 14.6 Å². The molecule has 1 aliphatic rings. The summed E-state index contributed by atoms with van der Waals surface area (Å²) in [6, 6.07) is 9.13. The minimum Gasteiger partial charge on any atom is -0.481 e. The topological polar surface area (TPSA) is 117 Å². The molecule has 1 saturated heterocycles. The zero-order valence-electron chi connectivity index (χ0n) is 18.3. The van der Waals surface area contributed by atoms with E-state index in [2.05, 4.69) is 39.7 Å². The highest BCUT2D eigenvalue weighted by atomic mass is 32.1. The van der Waals surface area contributed by atoms with Gasteiger partial charge < -0.3 is 29.9 Å². The Kier molecular flexibility index (Phi) is 10.1.